The minimum absolute atomic E-state index is 0.398. The lowest BCUT2D eigenvalue weighted by atomic mass is 10.1. The van der Waals surface area contributed by atoms with Crippen molar-refractivity contribution in [1.82, 2.24) is 0 Å². The minimum Gasteiger partial charge on any atom is -0.454 e. The first kappa shape index (κ1) is 26.8. The lowest BCUT2D eigenvalue weighted by Gasteiger charge is -2.09. The third kappa shape index (κ3) is 20.4. The number of carbonyl (C=O) groups is 1. The fourth-order valence-corrected chi connectivity index (χ4v) is 2.38. The van der Waals surface area contributed by atoms with Gasteiger partial charge in [0.25, 0.3) is 0 Å². The van der Waals surface area contributed by atoms with Crippen molar-refractivity contribution in [2.75, 3.05) is 13.2 Å². The number of carbonyl (C=O) groups excluding carboxylic acids is 1. The predicted octanol–water partition coefficient (Wildman–Crippen LogP) is 5.36. The number of allylic oxidation sites excluding steroid dienone is 11. The number of unbranched alkanes of at least 4 members (excludes halogenated alkanes) is 7. The van der Waals surface area contributed by atoms with Gasteiger partial charge in [0.05, 0.1) is 13.2 Å². The van der Waals surface area contributed by atoms with Crippen molar-refractivity contribution in [3.05, 3.63) is 72.9 Å². The molecule has 0 spiro atoms. The van der Waals surface area contributed by atoms with E-state index in [9.17, 15) is 4.79 Å². The molecular formula is C25H38O4. The van der Waals surface area contributed by atoms with E-state index in [-0.39, 0.29) is 0 Å². The van der Waals surface area contributed by atoms with Crippen LogP contribution in [0.2, 0.25) is 0 Å². The summed E-state index contributed by atoms with van der Waals surface area (Å²) in [5, 5.41) is 17.6. The quantitative estimate of drug-likeness (QED) is 0.149. The molecule has 0 amide bonds. The van der Waals surface area contributed by atoms with Gasteiger partial charge in [-0.05, 0) is 12.8 Å². The van der Waals surface area contributed by atoms with E-state index in [1.807, 2.05) is 36.5 Å². The van der Waals surface area contributed by atoms with Crippen LogP contribution in [0, 0.1) is 0 Å². The van der Waals surface area contributed by atoms with Gasteiger partial charge in [-0.25, -0.2) is 4.79 Å². The Morgan fingerprint density at radius 3 is 1.76 bits per heavy atom. The summed E-state index contributed by atoms with van der Waals surface area (Å²) in [5.41, 5.74) is 0. The van der Waals surface area contributed by atoms with E-state index in [0.717, 1.165) is 6.42 Å². The third-order valence-corrected chi connectivity index (χ3v) is 4.03. The highest BCUT2D eigenvalue weighted by Crippen LogP contribution is 2.08. The molecule has 0 saturated heterocycles. The predicted molar refractivity (Wildman–Crippen MR) is 122 cm³/mol. The van der Waals surface area contributed by atoms with Gasteiger partial charge in [0.1, 0.15) is 6.10 Å². The van der Waals surface area contributed by atoms with Crippen LogP contribution in [0.1, 0.15) is 58.3 Å². The maximum atomic E-state index is 11.3. The van der Waals surface area contributed by atoms with Crippen LogP contribution in [0.25, 0.3) is 0 Å². The molecule has 0 heterocycles. The number of aliphatic hydroxyl groups excluding tert-OH is 2. The number of esters is 1. The summed E-state index contributed by atoms with van der Waals surface area (Å²) < 4.78 is 4.78. The Morgan fingerprint density at radius 1 is 0.724 bits per heavy atom. The summed E-state index contributed by atoms with van der Waals surface area (Å²) in [6.07, 6.45) is 31.9. The van der Waals surface area contributed by atoms with Gasteiger partial charge in [-0.2, -0.15) is 0 Å². The molecule has 0 rings (SSSR count). The van der Waals surface area contributed by atoms with E-state index in [1.54, 1.807) is 12.2 Å². The first-order chi connectivity index (χ1) is 14.2. The minimum atomic E-state index is -0.871. The fourth-order valence-electron chi connectivity index (χ4n) is 2.38. The summed E-state index contributed by atoms with van der Waals surface area (Å²) >= 11 is 0. The van der Waals surface area contributed by atoms with Crippen molar-refractivity contribution in [3.63, 3.8) is 0 Å². The van der Waals surface area contributed by atoms with Gasteiger partial charge in [0.15, 0.2) is 0 Å². The molecule has 0 aromatic heterocycles. The Labute approximate surface area is 176 Å². The molecule has 4 nitrogen and oxygen atoms in total. The summed E-state index contributed by atoms with van der Waals surface area (Å²) in [6, 6.07) is 0. The van der Waals surface area contributed by atoms with Crippen molar-refractivity contribution in [2.24, 2.45) is 0 Å². The van der Waals surface area contributed by atoms with Gasteiger partial charge in [-0.3, -0.25) is 0 Å². The topological polar surface area (TPSA) is 66.8 Å². The van der Waals surface area contributed by atoms with Crippen LogP contribution in [0.5, 0.6) is 0 Å². The highest BCUT2D eigenvalue weighted by Gasteiger charge is 2.08. The van der Waals surface area contributed by atoms with Crippen LogP contribution in [-0.2, 0) is 9.53 Å². The van der Waals surface area contributed by atoms with Crippen LogP contribution < -0.4 is 0 Å². The van der Waals surface area contributed by atoms with E-state index in [2.05, 4.69) is 19.1 Å². The lowest BCUT2D eigenvalue weighted by Crippen LogP contribution is -2.24. The molecule has 162 valence electrons. The van der Waals surface area contributed by atoms with Crippen molar-refractivity contribution < 1.29 is 19.7 Å². The van der Waals surface area contributed by atoms with E-state index in [1.165, 1.54) is 57.1 Å². The molecule has 2 N–H and O–H groups in total. The Kier molecular flexibility index (Phi) is 20.5. The SMILES string of the molecule is CCCCCCCCC/C=C/C=C/C=C/C=C/C=C/C=C/C(=O)OC(CO)CO. The second-order valence-corrected chi connectivity index (χ2v) is 6.66. The van der Waals surface area contributed by atoms with Crippen LogP contribution >= 0.6 is 0 Å². The lowest BCUT2D eigenvalue weighted by molar-refractivity contribution is -0.147. The van der Waals surface area contributed by atoms with Gasteiger partial charge < -0.3 is 14.9 Å². The molecule has 0 aromatic rings. The Bertz CT molecular complexity index is 549. The molecule has 4 heteroatoms. The zero-order valence-corrected chi connectivity index (χ0v) is 17.8. The standard InChI is InChI=1S/C25H38O4/c1-2-3-4-5-6-7-8-9-10-11-12-13-14-15-16-17-18-19-20-21-25(28)29-24(22-26)23-27/h10-21,24,26-27H,2-9,22-23H2,1H3/b11-10+,13-12+,15-14+,17-16+,19-18+,21-20+. The monoisotopic (exact) mass is 402 g/mol. The third-order valence-electron chi connectivity index (χ3n) is 4.03. The number of ether oxygens (including phenoxy) is 1. The number of hydrogen-bond acceptors (Lipinski definition) is 4. The average molecular weight is 403 g/mol. The molecule has 0 aliphatic heterocycles. The van der Waals surface area contributed by atoms with Crippen LogP contribution in [0.4, 0.5) is 0 Å². The van der Waals surface area contributed by atoms with Crippen LogP contribution in [0.15, 0.2) is 72.9 Å². The van der Waals surface area contributed by atoms with Crippen molar-refractivity contribution in [1.29, 1.82) is 0 Å². The van der Waals surface area contributed by atoms with Gasteiger partial charge >= 0.3 is 5.97 Å². The molecular weight excluding hydrogens is 364 g/mol. The van der Waals surface area contributed by atoms with Crippen molar-refractivity contribution in [2.45, 2.75) is 64.4 Å². The van der Waals surface area contributed by atoms with Crippen LogP contribution in [0.3, 0.4) is 0 Å². The fraction of sp³-hybridized carbons (Fsp3) is 0.480. The van der Waals surface area contributed by atoms with Crippen LogP contribution in [-0.4, -0.2) is 35.5 Å². The highest BCUT2D eigenvalue weighted by atomic mass is 16.6. The zero-order valence-electron chi connectivity index (χ0n) is 17.8. The molecule has 0 unspecified atom stereocenters. The largest absolute Gasteiger partial charge is 0.454 e. The molecule has 0 bridgehead atoms. The smallest absolute Gasteiger partial charge is 0.331 e. The molecule has 0 saturated carbocycles. The first-order valence-corrected chi connectivity index (χ1v) is 10.7. The van der Waals surface area contributed by atoms with E-state index >= 15 is 0 Å². The maximum absolute atomic E-state index is 11.3. The van der Waals surface area contributed by atoms with Gasteiger partial charge in [-0.15, -0.1) is 0 Å². The number of aliphatic hydroxyl groups is 2. The summed E-state index contributed by atoms with van der Waals surface area (Å²) in [4.78, 5) is 11.3. The molecule has 0 fully saturated rings. The molecule has 0 atom stereocenters. The van der Waals surface area contributed by atoms with Crippen molar-refractivity contribution >= 4 is 5.97 Å². The zero-order chi connectivity index (χ0) is 21.4. The van der Waals surface area contributed by atoms with Gasteiger partial charge in [-0.1, -0.05) is 112 Å². The second kappa shape index (κ2) is 22.1. The Hall–Kier alpha value is -2.17. The van der Waals surface area contributed by atoms with E-state index < -0.39 is 25.3 Å². The Morgan fingerprint density at radius 2 is 1.21 bits per heavy atom. The number of rotatable bonds is 17. The summed E-state index contributed by atoms with van der Waals surface area (Å²) in [7, 11) is 0. The second-order valence-electron chi connectivity index (χ2n) is 6.66. The Balaban J connectivity index is 3.77. The highest BCUT2D eigenvalue weighted by molar-refractivity contribution is 5.82. The first-order valence-electron chi connectivity index (χ1n) is 10.7. The van der Waals surface area contributed by atoms with E-state index in [4.69, 9.17) is 14.9 Å². The van der Waals surface area contributed by atoms with Gasteiger partial charge in [0, 0.05) is 6.08 Å². The summed E-state index contributed by atoms with van der Waals surface area (Å²) in [5.74, 6) is -0.600. The van der Waals surface area contributed by atoms with E-state index in [0.29, 0.717) is 0 Å². The normalized spacial score (nSPS) is 13.0. The van der Waals surface area contributed by atoms with Crippen molar-refractivity contribution in [3.8, 4) is 0 Å². The molecule has 0 aliphatic rings. The molecule has 0 aromatic carbocycles. The molecule has 29 heavy (non-hydrogen) atoms. The average Bonchev–Trinajstić information content (AvgIpc) is 2.73. The van der Waals surface area contributed by atoms with Gasteiger partial charge in [0.2, 0.25) is 0 Å². The molecule has 0 radical (unpaired) electrons. The molecule has 0 aliphatic carbocycles. The number of hydrogen-bond donors (Lipinski definition) is 2. The summed E-state index contributed by atoms with van der Waals surface area (Å²) in [6.45, 7) is 1.45. The maximum Gasteiger partial charge on any atom is 0.331 e.